The number of benzene rings is 1. The predicted octanol–water partition coefficient (Wildman–Crippen LogP) is 1.25. The van der Waals surface area contributed by atoms with Gasteiger partial charge in [0.05, 0.1) is 12.6 Å². The van der Waals surface area contributed by atoms with Crippen molar-refractivity contribution >= 4 is 0 Å². The number of rotatable bonds is 3. The van der Waals surface area contributed by atoms with Gasteiger partial charge in [0, 0.05) is 5.56 Å². The van der Waals surface area contributed by atoms with Crippen LogP contribution >= 0.6 is 0 Å². The summed E-state index contributed by atoms with van der Waals surface area (Å²) >= 11 is 0. The van der Waals surface area contributed by atoms with E-state index in [1.807, 2.05) is 24.3 Å². The second kappa shape index (κ2) is 4.42. The molecule has 84 valence electrons. The molecule has 0 radical (unpaired) electrons. The van der Waals surface area contributed by atoms with Crippen LogP contribution in [0, 0.1) is 0 Å². The molecule has 0 fully saturated rings. The lowest BCUT2D eigenvalue weighted by atomic mass is 10.1. The second-order valence-corrected chi connectivity index (χ2v) is 3.51. The fourth-order valence-corrected chi connectivity index (χ4v) is 1.37. The lowest BCUT2D eigenvalue weighted by Gasteiger charge is -2.03. The molecule has 16 heavy (non-hydrogen) atoms. The number of hydrogen-bond acceptors (Lipinski definition) is 5. The molecule has 2 aromatic rings. The molecule has 0 aliphatic carbocycles. The van der Waals surface area contributed by atoms with Crippen LogP contribution in [-0.4, -0.2) is 15.2 Å². The first kappa shape index (κ1) is 10.8. The molecule has 3 N–H and O–H groups in total. The minimum atomic E-state index is -0.473. The number of aliphatic hydroxyl groups is 1. The molecule has 0 aliphatic rings. The Labute approximate surface area is 92.9 Å². The fourth-order valence-electron chi connectivity index (χ4n) is 1.37. The Balaban J connectivity index is 2.27. The molecule has 5 nitrogen and oxygen atoms in total. The van der Waals surface area contributed by atoms with Crippen LogP contribution in [0.3, 0.4) is 0 Å². The minimum Gasteiger partial charge on any atom is -0.389 e. The smallest absolute Gasteiger partial charge is 0.240 e. The van der Waals surface area contributed by atoms with E-state index in [1.54, 1.807) is 6.92 Å². The summed E-state index contributed by atoms with van der Waals surface area (Å²) in [4.78, 5) is 4.11. The molecule has 0 spiro atoms. The largest absolute Gasteiger partial charge is 0.389 e. The van der Waals surface area contributed by atoms with E-state index < -0.39 is 6.10 Å². The van der Waals surface area contributed by atoms with Gasteiger partial charge in [-0.25, -0.2) is 0 Å². The van der Waals surface area contributed by atoms with Crippen LogP contribution in [0.15, 0.2) is 28.8 Å². The molecule has 1 heterocycles. The summed E-state index contributed by atoms with van der Waals surface area (Å²) in [5.41, 5.74) is 7.07. The topological polar surface area (TPSA) is 85.2 Å². The zero-order valence-corrected chi connectivity index (χ0v) is 8.92. The average molecular weight is 219 g/mol. The summed E-state index contributed by atoms with van der Waals surface area (Å²) in [5, 5.41) is 13.2. The van der Waals surface area contributed by atoms with Crippen molar-refractivity contribution in [3.05, 3.63) is 35.7 Å². The van der Waals surface area contributed by atoms with E-state index >= 15 is 0 Å². The molecule has 0 amide bonds. The Morgan fingerprint density at radius 1 is 1.38 bits per heavy atom. The van der Waals surface area contributed by atoms with Crippen LogP contribution in [0.1, 0.15) is 24.5 Å². The van der Waals surface area contributed by atoms with Crippen LogP contribution in [0.2, 0.25) is 0 Å². The SMILES string of the molecule is CC(O)c1ccc(-c2noc(CN)n2)cc1. The molecule has 2 rings (SSSR count). The highest BCUT2D eigenvalue weighted by Crippen LogP contribution is 2.19. The maximum Gasteiger partial charge on any atom is 0.240 e. The van der Waals surface area contributed by atoms with E-state index in [0.29, 0.717) is 11.7 Å². The molecule has 1 aromatic carbocycles. The zero-order valence-electron chi connectivity index (χ0n) is 8.92. The predicted molar refractivity (Wildman–Crippen MR) is 58.3 cm³/mol. The van der Waals surface area contributed by atoms with Crippen LogP contribution < -0.4 is 5.73 Å². The zero-order chi connectivity index (χ0) is 11.5. The Kier molecular flexibility index (Phi) is 2.98. The molecular weight excluding hydrogens is 206 g/mol. The summed E-state index contributed by atoms with van der Waals surface area (Å²) in [7, 11) is 0. The molecule has 0 aliphatic heterocycles. The van der Waals surface area contributed by atoms with Gasteiger partial charge in [-0.05, 0) is 12.5 Å². The monoisotopic (exact) mass is 219 g/mol. The maximum atomic E-state index is 9.36. The first-order valence-electron chi connectivity index (χ1n) is 5.01. The highest BCUT2D eigenvalue weighted by atomic mass is 16.5. The fraction of sp³-hybridized carbons (Fsp3) is 0.273. The lowest BCUT2D eigenvalue weighted by Crippen LogP contribution is -1.95. The van der Waals surface area contributed by atoms with E-state index in [9.17, 15) is 5.11 Å². The average Bonchev–Trinajstić information content (AvgIpc) is 2.77. The van der Waals surface area contributed by atoms with Crippen molar-refractivity contribution in [1.82, 2.24) is 10.1 Å². The quantitative estimate of drug-likeness (QED) is 0.811. The van der Waals surface area contributed by atoms with Gasteiger partial charge in [0.15, 0.2) is 0 Å². The van der Waals surface area contributed by atoms with E-state index in [4.69, 9.17) is 10.3 Å². The minimum absolute atomic E-state index is 0.235. The Morgan fingerprint density at radius 2 is 2.06 bits per heavy atom. The van der Waals surface area contributed by atoms with Crippen molar-refractivity contribution in [2.24, 2.45) is 5.73 Å². The summed E-state index contributed by atoms with van der Waals surface area (Å²) in [6.07, 6.45) is -0.473. The summed E-state index contributed by atoms with van der Waals surface area (Å²) in [6.45, 7) is 1.95. The van der Waals surface area contributed by atoms with Crippen molar-refractivity contribution in [3.63, 3.8) is 0 Å². The standard InChI is InChI=1S/C11H13N3O2/c1-7(15)8-2-4-9(5-3-8)11-13-10(6-12)16-14-11/h2-5,7,15H,6,12H2,1H3. The molecular formula is C11H13N3O2. The number of aromatic nitrogens is 2. The summed E-state index contributed by atoms with van der Waals surface area (Å²) in [6, 6.07) is 7.34. The Bertz CT molecular complexity index is 462. The first-order valence-corrected chi connectivity index (χ1v) is 5.01. The van der Waals surface area contributed by atoms with Crippen molar-refractivity contribution in [2.45, 2.75) is 19.6 Å². The molecule has 5 heteroatoms. The van der Waals surface area contributed by atoms with Gasteiger partial charge >= 0.3 is 0 Å². The van der Waals surface area contributed by atoms with Gasteiger partial charge < -0.3 is 15.4 Å². The van der Waals surface area contributed by atoms with Crippen LogP contribution in [0.4, 0.5) is 0 Å². The highest BCUT2D eigenvalue weighted by Gasteiger charge is 2.07. The summed E-state index contributed by atoms with van der Waals surface area (Å²) < 4.78 is 4.91. The van der Waals surface area contributed by atoms with Crippen molar-refractivity contribution in [1.29, 1.82) is 0 Å². The normalized spacial score (nSPS) is 12.7. The number of nitrogens with zero attached hydrogens (tertiary/aromatic N) is 2. The van der Waals surface area contributed by atoms with Gasteiger partial charge in [0.1, 0.15) is 0 Å². The summed E-state index contributed by atoms with van der Waals surface area (Å²) in [5.74, 6) is 0.923. The van der Waals surface area contributed by atoms with E-state index in [0.717, 1.165) is 11.1 Å². The first-order chi connectivity index (χ1) is 7.70. The molecule has 0 bridgehead atoms. The molecule has 0 saturated carbocycles. The number of nitrogens with two attached hydrogens (primary N) is 1. The Hall–Kier alpha value is -1.72. The van der Waals surface area contributed by atoms with Gasteiger partial charge in [-0.2, -0.15) is 4.98 Å². The van der Waals surface area contributed by atoms with E-state index in [1.165, 1.54) is 0 Å². The van der Waals surface area contributed by atoms with Crippen molar-refractivity contribution < 1.29 is 9.63 Å². The lowest BCUT2D eigenvalue weighted by molar-refractivity contribution is 0.199. The number of aliphatic hydroxyl groups excluding tert-OH is 1. The molecule has 1 atom stereocenters. The van der Waals surface area contributed by atoms with Gasteiger partial charge in [0.2, 0.25) is 11.7 Å². The second-order valence-electron chi connectivity index (χ2n) is 3.51. The van der Waals surface area contributed by atoms with Crippen molar-refractivity contribution in [3.8, 4) is 11.4 Å². The molecule has 0 saturated heterocycles. The number of hydrogen-bond donors (Lipinski definition) is 2. The highest BCUT2D eigenvalue weighted by molar-refractivity contribution is 5.54. The third kappa shape index (κ3) is 2.10. The third-order valence-corrected chi connectivity index (χ3v) is 2.29. The van der Waals surface area contributed by atoms with Gasteiger partial charge in [-0.3, -0.25) is 0 Å². The van der Waals surface area contributed by atoms with E-state index in [2.05, 4.69) is 10.1 Å². The maximum absolute atomic E-state index is 9.36. The Morgan fingerprint density at radius 3 is 2.56 bits per heavy atom. The molecule has 1 aromatic heterocycles. The third-order valence-electron chi connectivity index (χ3n) is 2.29. The van der Waals surface area contributed by atoms with Gasteiger partial charge in [0.25, 0.3) is 0 Å². The van der Waals surface area contributed by atoms with Gasteiger partial charge in [-0.1, -0.05) is 29.4 Å². The van der Waals surface area contributed by atoms with E-state index in [-0.39, 0.29) is 6.54 Å². The van der Waals surface area contributed by atoms with Crippen LogP contribution in [0.25, 0.3) is 11.4 Å². The van der Waals surface area contributed by atoms with Gasteiger partial charge in [-0.15, -0.1) is 0 Å². The van der Waals surface area contributed by atoms with Crippen molar-refractivity contribution in [2.75, 3.05) is 0 Å². The van der Waals surface area contributed by atoms with Crippen LogP contribution in [-0.2, 0) is 6.54 Å². The van der Waals surface area contributed by atoms with Crippen LogP contribution in [0.5, 0.6) is 0 Å². The molecule has 1 unspecified atom stereocenters.